The molecule has 3 aliphatic rings. The Morgan fingerprint density at radius 2 is 1.92 bits per heavy atom. The molecule has 0 radical (unpaired) electrons. The molecule has 1 unspecified atom stereocenters. The van der Waals surface area contributed by atoms with Crippen molar-refractivity contribution >= 4 is 51.1 Å². The third-order valence-electron chi connectivity index (χ3n) is 7.59. The Balaban J connectivity index is 1.20. The molecule has 1 fully saturated rings. The molecule has 2 aliphatic heterocycles. The lowest BCUT2D eigenvalue weighted by atomic mass is 9.82. The van der Waals surface area contributed by atoms with Gasteiger partial charge in [-0.15, -0.1) is 0 Å². The Hall–Kier alpha value is -4.03. The Morgan fingerprint density at radius 3 is 2.79 bits per heavy atom. The fourth-order valence-corrected chi connectivity index (χ4v) is 5.67. The Morgan fingerprint density at radius 1 is 1.03 bits per heavy atom. The number of allylic oxidation sites excluding steroid dienone is 1. The van der Waals surface area contributed by atoms with E-state index in [0.717, 1.165) is 87.5 Å². The smallest absolute Gasteiger partial charge is 0.227 e. The highest BCUT2D eigenvalue weighted by molar-refractivity contribution is 6.31. The third kappa shape index (κ3) is 4.35. The van der Waals surface area contributed by atoms with Gasteiger partial charge in [0.05, 0.1) is 23.3 Å². The Labute approximate surface area is 225 Å². The van der Waals surface area contributed by atoms with Crippen LogP contribution >= 0.6 is 11.6 Å². The van der Waals surface area contributed by atoms with E-state index in [9.17, 15) is 4.79 Å². The lowest BCUT2D eigenvalue weighted by Crippen LogP contribution is -2.32. The molecule has 1 atom stereocenters. The van der Waals surface area contributed by atoms with Gasteiger partial charge in [0.2, 0.25) is 5.91 Å². The molecule has 1 saturated carbocycles. The molecule has 1 amide bonds. The molecule has 2 aromatic carbocycles. The highest BCUT2D eigenvalue weighted by atomic mass is 35.5. The number of halogens is 1. The zero-order valence-electron chi connectivity index (χ0n) is 20.7. The van der Waals surface area contributed by atoms with Crippen LogP contribution in [0.5, 0.6) is 0 Å². The number of aromatic nitrogens is 2. The molecule has 1 aliphatic carbocycles. The fourth-order valence-electron chi connectivity index (χ4n) is 5.48. The van der Waals surface area contributed by atoms with Crippen molar-refractivity contribution in [1.82, 2.24) is 9.97 Å². The second-order valence-electron chi connectivity index (χ2n) is 10.2. The summed E-state index contributed by atoms with van der Waals surface area (Å²) in [6.45, 7) is 0.731. The number of aliphatic imine (C=N–C) groups is 2. The molecule has 38 heavy (non-hydrogen) atoms. The van der Waals surface area contributed by atoms with Gasteiger partial charge >= 0.3 is 0 Å². The number of H-pyrrole nitrogens is 1. The van der Waals surface area contributed by atoms with Crippen LogP contribution in [0.15, 0.2) is 83.2 Å². The first-order chi connectivity index (χ1) is 18.6. The van der Waals surface area contributed by atoms with E-state index in [-0.39, 0.29) is 17.7 Å². The lowest BCUT2D eigenvalue weighted by molar-refractivity contribution is -0.117. The summed E-state index contributed by atoms with van der Waals surface area (Å²) in [5.74, 6) is 0.326. The number of benzene rings is 2. The standard InChI is InChI=1S/C31H26ClN5O/c32-22-4-1-3-19(11-22)24-5-2-6-28-25(24)14-29(37-28)30-26-13-21(16-35-27(26)9-10-34-30)20-12-23(17-33-15-20)36-31(38)18-7-8-18/h1-6,11-12,14-18,26,37H,7-10,13H2,(H,36,38). The van der Waals surface area contributed by atoms with Gasteiger partial charge in [0, 0.05) is 58.8 Å². The van der Waals surface area contributed by atoms with E-state index in [0.29, 0.717) is 0 Å². The molecule has 7 rings (SSSR count). The first-order valence-corrected chi connectivity index (χ1v) is 13.4. The third-order valence-corrected chi connectivity index (χ3v) is 7.83. The second kappa shape index (κ2) is 9.37. The average Bonchev–Trinajstić information content (AvgIpc) is 3.71. The summed E-state index contributed by atoms with van der Waals surface area (Å²) in [6, 6.07) is 18.5. The number of hydrogen-bond acceptors (Lipinski definition) is 4. The molecule has 2 N–H and O–H groups in total. The Bertz CT molecular complexity index is 1680. The quantitative estimate of drug-likeness (QED) is 0.300. The number of fused-ring (bicyclic) bond motifs is 2. The van der Waals surface area contributed by atoms with Crippen molar-refractivity contribution in [3.8, 4) is 11.1 Å². The number of nitrogens with one attached hydrogen (secondary N) is 2. The van der Waals surface area contributed by atoms with E-state index in [1.54, 1.807) is 6.20 Å². The van der Waals surface area contributed by atoms with Crippen molar-refractivity contribution in [1.29, 1.82) is 0 Å². The van der Waals surface area contributed by atoms with Gasteiger partial charge in [0.1, 0.15) is 0 Å². The molecular formula is C31H26ClN5O. The number of pyridine rings is 1. The van der Waals surface area contributed by atoms with Gasteiger partial charge in [-0.2, -0.15) is 0 Å². The number of amides is 1. The van der Waals surface area contributed by atoms with Gasteiger partial charge in [0.15, 0.2) is 0 Å². The van der Waals surface area contributed by atoms with Crippen molar-refractivity contribution < 1.29 is 4.79 Å². The van der Waals surface area contributed by atoms with Gasteiger partial charge in [0.25, 0.3) is 0 Å². The van der Waals surface area contributed by atoms with Crippen LogP contribution in [0.25, 0.3) is 27.6 Å². The van der Waals surface area contributed by atoms with Crippen molar-refractivity contribution in [2.75, 3.05) is 11.9 Å². The van der Waals surface area contributed by atoms with Crippen molar-refractivity contribution in [3.05, 3.63) is 89.5 Å². The first kappa shape index (κ1) is 23.1. The van der Waals surface area contributed by atoms with Crippen LogP contribution in [0.4, 0.5) is 5.69 Å². The van der Waals surface area contributed by atoms with Gasteiger partial charge in [-0.05, 0) is 71.9 Å². The maximum absolute atomic E-state index is 12.3. The van der Waals surface area contributed by atoms with Gasteiger partial charge in [-0.25, -0.2) is 0 Å². The molecule has 4 aromatic rings. The van der Waals surface area contributed by atoms with E-state index in [2.05, 4.69) is 45.6 Å². The van der Waals surface area contributed by atoms with Crippen LogP contribution in [0.1, 0.15) is 36.9 Å². The largest absolute Gasteiger partial charge is 0.354 e. The number of hydrogen-bond donors (Lipinski definition) is 2. The van der Waals surface area contributed by atoms with Gasteiger partial charge < -0.3 is 10.3 Å². The normalized spacial score (nSPS) is 18.9. The summed E-state index contributed by atoms with van der Waals surface area (Å²) >= 11 is 6.29. The molecule has 7 heteroatoms. The van der Waals surface area contributed by atoms with Crippen LogP contribution in [0.2, 0.25) is 5.02 Å². The highest BCUT2D eigenvalue weighted by Gasteiger charge is 2.32. The lowest BCUT2D eigenvalue weighted by Gasteiger charge is -2.28. The number of anilines is 1. The fraction of sp³-hybridized carbons (Fsp3) is 0.226. The maximum atomic E-state index is 12.3. The predicted molar refractivity (Wildman–Crippen MR) is 154 cm³/mol. The summed E-state index contributed by atoms with van der Waals surface area (Å²) in [4.78, 5) is 30.1. The molecule has 0 bridgehead atoms. The maximum Gasteiger partial charge on any atom is 0.227 e. The molecular weight excluding hydrogens is 494 g/mol. The number of nitrogens with zero attached hydrogens (tertiary/aromatic N) is 3. The highest BCUT2D eigenvalue weighted by Crippen LogP contribution is 2.36. The number of rotatable bonds is 5. The summed E-state index contributed by atoms with van der Waals surface area (Å²) in [5.41, 5.74) is 9.33. The number of aromatic amines is 1. The van der Waals surface area contributed by atoms with Crippen molar-refractivity contribution in [3.63, 3.8) is 0 Å². The topological polar surface area (TPSA) is 82.5 Å². The van der Waals surface area contributed by atoms with Crippen LogP contribution in [-0.2, 0) is 4.79 Å². The van der Waals surface area contributed by atoms with Crippen LogP contribution in [-0.4, -0.2) is 33.8 Å². The number of carbonyl (C=O) groups is 1. The molecule has 188 valence electrons. The number of carbonyl (C=O) groups excluding carboxylic acids is 1. The van der Waals surface area contributed by atoms with E-state index in [4.69, 9.17) is 21.6 Å². The minimum absolute atomic E-state index is 0.0829. The Kier molecular flexibility index (Phi) is 5.70. The zero-order chi connectivity index (χ0) is 25.6. The summed E-state index contributed by atoms with van der Waals surface area (Å²) in [7, 11) is 0. The van der Waals surface area contributed by atoms with Gasteiger partial charge in [-0.1, -0.05) is 35.9 Å². The monoisotopic (exact) mass is 519 g/mol. The van der Waals surface area contributed by atoms with Crippen LogP contribution < -0.4 is 5.32 Å². The van der Waals surface area contributed by atoms with Crippen LogP contribution in [0, 0.1) is 11.8 Å². The predicted octanol–water partition coefficient (Wildman–Crippen LogP) is 6.93. The van der Waals surface area contributed by atoms with Gasteiger partial charge in [-0.3, -0.25) is 19.8 Å². The van der Waals surface area contributed by atoms with Crippen molar-refractivity contribution in [2.45, 2.75) is 25.7 Å². The second-order valence-corrected chi connectivity index (χ2v) is 10.7. The van der Waals surface area contributed by atoms with E-state index in [1.807, 2.05) is 36.7 Å². The molecule has 4 heterocycles. The molecule has 0 spiro atoms. The SMILES string of the molecule is O=C(Nc1cncc(C2=CN=C3CCN=C(c4cc5c(-c6cccc(Cl)c6)cccc5[nH]4)C3C2)c1)C1CC1. The molecule has 6 nitrogen and oxygen atoms in total. The summed E-state index contributed by atoms with van der Waals surface area (Å²) < 4.78 is 0. The van der Waals surface area contributed by atoms with E-state index < -0.39 is 0 Å². The van der Waals surface area contributed by atoms with E-state index in [1.165, 1.54) is 5.71 Å². The minimum atomic E-state index is 0.0829. The molecule has 0 saturated heterocycles. The average molecular weight is 520 g/mol. The summed E-state index contributed by atoms with van der Waals surface area (Å²) in [6.07, 6.45) is 9.11. The van der Waals surface area contributed by atoms with Crippen molar-refractivity contribution in [2.24, 2.45) is 21.8 Å². The summed E-state index contributed by atoms with van der Waals surface area (Å²) in [5, 5.41) is 4.88. The van der Waals surface area contributed by atoms with Crippen LogP contribution in [0.3, 0.4) is 0 Å². The first-order valence-electron chi connectivity index (χ1n) is 13.1. The van der Waals surface area contributed by atoms with E-state index >= 15 is 0 Å². The zero-order valence-corrected chi connectivity index (χ0v) is 21.5. The minimum Gasteiger partial charge on any atom is -0.354 e. The molecule has 2 aromatic heterocycles.